The molecule has 1 aromatic carbocycles. The fourth-order valence-electron chi connectivity index (χ4n) is 3.26. The Labute approximate surface area is 178 Å². The van der Waals surface area contributed by atoms with Crippen molar-refractivity contribution in [2.45, 2.75) is 19.9 Å². The highest BCUT2D eigenvalue weighted by Gasteiger charge is 2.26. The Morgan fingerprint density at radius 1 is 1.20 bits per heavy atom. The van der Waals surface area contributed by atoms with E-state index in [1.807, 2.05) is 32.0 Å². The first-order valence-electron chi connectivity index (χ1n) is 9.90. The van der Waals surface area contributed by atoms with Crippen LogP contribution in [0.15, 0.2) is 41.0 Å². The third-order valence-corrected chi connectivity index (χ3v) is 5.99. The van der Waals surface area contributed by atoms with E-state index < -0.39 is 11.9 Å². The molecule has 9 heteroatoms. The number of hydrogen-bond acceptors (Lipinski definition) is 7. The van der Waals surface area contributed by atoms with Crippen molar-refractivity contribution in [1.82, 2.24) is 10.3 Å². The predicted molar refractivity (Wildman–Crippen MR) is 116 cm³/mol. The summed E-state index contributed by atoms with van der Waals surface area (Å²) in [6.07, 6.45) is 1.43. The number of nitrogens with one attached hydrogen (secondary N) is 2. The summed E-state index contributed by atoms with van der Waals surface area (Å²) in [4.78, 5) is 32.1. The quantitative estimate of drug-likeness (QED) is 0.626. The maximum atomic E-state index is 12.9. The summed E-state index contributed by atoms with van der Waals surface area (Å²) < 4.78 is 11.5. The van der Waals surface area contributed by atoms with Crippen LogP contribution in [0, 0.1) is 5.92 Å². The molecule has 1 fully saturated rings. The molecule has 158 valence electrons. The summed E-state index contributed by atoms with van der Waals surface area (Å²) in [5.41, 5.74) is 1.56. The van der Waals surface area contributed by atoms with Crippen molar-refractivity contribution in [1.29, 1.82) is 0 Å². The minimum Gasteiger partial charge on any atom is -0.459 e. The van der Waals surface area contributed by atoms with Gasteiger partial charge >= 0.3 is 0 Å². The van der Waals surface area contributed by atoms with Crippen LogP contribution >= 0.6 is 11.3 Å². The van der Waals surface area contributed by atoms with E-state index in [1.54, 1.807) is 23.5 Å². The van der Waals surface area contributed by atoms with Crippen LogP contribution in [0.1, 0.15) is 24.4 Å². The lowest BCUT2D eigenvalue weighted by molar-refractivity contribution is -0.118. The van der Waals surface area contributed by atoms with Crippen LogP contribution in [0.2, 0.25) is 0 Å². The van der Waals surface area contributed by atoms with Crippen LogP contribution in [-0.2, 0) is 9.53 Å². The first kappa shape index (κ1) is 20.4. The summed E-state index contributed by atoms with van der Waals surface area (Å²) in [5.74, 6) is -0.608. The Hall–Kier alpha value is -2.91. The van der Waals surface area contributed by atoms with E-state index >= 15 is 0 Å². The summed E-state index contributed by atoms with van der Waals surface area (Å²) in [6, 6.07) is 8.15. The molecule has 3 aromatic rings. The van der Waals surface area contributed by atoms with Gasteiger partial charge < -0.3 is 24.7 Å². The Morgan fingerprint density at radius 2 is 2.00 bits per heavy atom. The molecular weight excluding hydrogens is 404 g/mol. The zero-order valence-electron chi connectivity index (χ0n) is 16.9. The van der Waals surface area contributed by atoms with Crippen LogP contribution in [-0.4, -0.2) is 49.1 Å². The number of anilines is 2. The number of carbonyl (C=O) groups is 2. The molecule has 3 heterocycles. The molecule has 1 aliphatic rings. The third-order valence-electron chi connectivity index (χ3n) is 4.91. The van der Waals surface area contributed by atoms with Gasteiger partial charge in [-0.15, -0.1) is 0 Å². The van der Waals surface area contributed by atoms with Gasteiger partial charge in [-0.2, -0.15) is 0 Å². The SMILES string of the molecule is CC(C)[C@H](NC(=O)c1ccco1)C(=O)Nc1ccc2nc(N3CCOCC3)sc2c1. The number of benzene rings is 1. The first-order chi connectivity index (χ1) is 14.5. The molecule has 2 aromatic heterocycles. The average Bonchev–Trinajstić information content (AvgIpc) is 3.42. The number of rotatable bonds is 6. The lowest BCUT2D eigenvalue weighted by Gasteiger charge is -2.25. The molecule has 1 atom stereocenters. The molecule has 0 bridgehead atoms. The number of aromatic nitrogens is 1. The molecule has 4 rings (SSSR count). The number of amides is 2. The second-order valence-corrected chi connectivity index (χ2v) is 8.45. The van der Waals surface area contributed by atoms with Crippen molar-refractivity contribution in [2.75, 3.05) is 36.5 Å². The molecule has 0 radical (unpaired) electrons. The van der Waals surface area contributed by atoms with Crippen LogP contribution in [0.5, 0.6) is 0 Å². The van der Waals surface area contributed by atoms with Crippen LogP contribution < -0.4 is 15.5 Å². The van der Waals surface area contributed by atoms with E-state index in [0.717, 1.165) is 28.4 Å². The fraction of sp³-hybridized carbons (Fsp3) is 0.381. The largest absolute Gasteiger partial charge is 0.459 e. The average molecular weight is 429 g/mol. The lowest BCUT2D eigenvalue weighted by atomic mass is 10.0. The van der Waals surface area contributed by atoms with Gasteiger partial charge in [-0.25, -0.2) is 4.98 Å². The van der Waals surface area contributed by atoms with Crippen molar-refractivity contribution < 1.29 is 18.7 Å². The summed E-state index contributed by atoms with van der Waals surface area (Å²) >= 11 is 1.59. The molecule has 0 aliphatic carbocycles. The van der Waals surface area contributed by atoms with Gasteiger partial charge in [0.25, 0.3) is 5.91 Å². The zero-order valence-corrected chi connectivity index (χ0v) is 17.7. The van der Waals surface area contributed by atoms with E-state index in [1.165, 1.54) is 6.26 Å². The second kappa shape index (κ2) is 8.85. The maximum Gasteiger partial charge on any atom is 0.287 e. The number of furan rings is 1. The van der Waals surface area contributed by atoms with Crippen LogP contribution in [0.25, 0.3) is 10.2 Å². The first-order valence-corrected chi connectivity index (χ1v) is 10.7. The summed E-state index contributed by atoms with van der Waals surface area (Å²) in [5, 5.41) is 6.63. The third kappa shape index (κ3) is 4.47. The molecule has 2 N–H and O–H groups in total. The van der Waals surface area contributed by atoms with Crippen LogP contribution in [0.3, 0.4) is 0 Å². The summed E-state index contributed by atoms with van der Waals surface area (Å²) in [7, 11) is 0. The van der Waals surface area contributed by atoms with E-state index in [4.69, 9.17) is 14.1 Å². The van der Waals surface area contributed by atoms with Gasteiger partial charge in [0.15, 0.2) is 10.9 Å². The number of hydrogen-bond donors (Lipinski definition) is 2. The number of fused-ring (bicyclic) bond motifs is 1. The molecule has 30 heavy (non-hydrogen) atoms. The van der Waals surface area contributed by atoms with Gasteiger partial charge in [-0.05, 0) is 36.2 Å². The smallest absolute Gasteiger partial charge is 0.287 e. The lowest BCUT2D eigenvalue weighted by Crippen LogP contribution is -2.47. The van der Waals surface area contributed by atoms with Crippen LogP contribution in [0.4, 0.5) is 10.8 Å². The number of carbonyl (C=O) groups excluding carboxylic acids is 2. The zero-order chi connectivity index (χ0) is 21.1. The number of morpholine rings is 1. The van der Waals surface area contributed by atoms with Crippen molar-refractivity contribution in [3.05, 3.63) is 42.4 Å². The normalized spacial score (nSPS) is 15.4. The molecule has 8 nitrogen and oxygen atoms in total. The van der Waals surface area contributed by atoms with E-state index in [-0.39, 0.29) is 17.6 Å². The maximum absolute atomic E-state index is 12.9. The second-order valence-electron chi connectivity index (χ2n) is 7.44. The Kier molecular flexibility index (Phi) is 6.01. The minimum absolute atomic E-state index is 0.0935. The standard InChI is InChI=1S/C21H24N4O4S/c1-13(2)18(24-19(26)16-4-3-9-29-16)20(27)22-14-5-6-15-17(12-14)30-21(23-15)25-7-10-28-11-8-25/h3-6,9,12-13,18H,7-8,10-11H2,1-2H3,(H,22,27)(H,24,26)/t18-/m0/s1. The van der Waals surface area contributed by atoms with Crippen molar-refractivity contribution in [3.63, 3.8) is 0 Å². The summed E-state index contributed by atoms with van der Waals surface area (Å²) in [6.45, 7) is 6.83. The van der Waals surface area contributed by atoms with E-state index in [0.29, 0.717) is 18.9 Å². The topological polar surface area (TPSA) is 96.7 Å². The van der Waals surface area contributed by atoms with Gasteiger partial charge in [-0.3, -0.25) is 9.59 Å². The van der Waals surface area contributed by atoms with Crippen molar-refractivity contribution in [3.8, 4) is 0 Å². The van der Waals surface area contributed by atoms with Gasteiger partial charge in [0.2, 0.25) is 5.91 Å². The van der Waals surface area contributed by atoms with Gasteiger partial charge in [0, 0.05) is 18.8 Å². The molecular formula is C21H24N4O4S. The highest BCUT2D eigenvalue weighted by molar-refractivity contribution is 7.22. The van der Waals surface area contributed by atoms with Gasteiger partial charge in [-0.1, -0.05) is 25.2 Å². The molecule has 0 unspecified atom stereocenters. The van der Waals surface area contributed by atoms with Crippen molar-refractivity contribution in [2.24, 2.45) is 5.92 Å². The van der Waals surface area contributed by atoms with Gasteiger partial charge in [0.05, 0.1) is 29.7 Å². The minimum atomic E-state index is -0.691. The Morgan fingerprint density at radius 3 is 2.70 bits per heavy atom. The predicted octanol–water partition coefficient (Wildman–Crippen LogP) is 3.12. The highest BCUT2D eigenvalue weighted by atomic mass is 32.1. The van der Waals surface area contributed by atoms with E-state index in [2.05, 4.69) is 15.5 Å². The van der Waals surface area contributed by atoms with Gasteiger partial charge in [0.1, 0.15) is 6.04 Å². The monoisotopic (exact) mass is 428 g/mol. The number of thiazole rings is 1. The molecule has 1 aliphatic heterocycles. The highest BCUT2D eigenvalue weighted by Crippen LogP contribution is 2.31. The molecule has 0 saturated carbocycles. The number of ether oxygens (including phenoxy) is 1. The molecule has 2 amide bonds. The number of nitrogens with zero attached hydrogens (tertiary/aromatic N) is 2. The van der Waals surface area contributed by atoms with E-state index in [9.17, 15) is 9.59 Å². The Bertz CT molecular complexity index is 1020. The van der Waals surface area contributed by atoms with Crippen molar-refractivity contribution >= 4 is 44.2 Å². The fourth-order valence-corrected chi connectivity index (χ4v) is 4.31. The molecule has 0 spiro atoms. The Balaban J connectivity index is 1.47. The molecule has 1 saturated heterocycles.